The summed E-state index contributed by atoms with van der Waals surface area (Å²) >= 11 is 0. The summed E-state index contributed by atoms with van der Waals surface area (Å²) in [7, 11) is 0. The number of aliphatic hydroxyl groups is 1. The molecule has 0 saturated carbocycles. The van der Waals surface area contributed by atoms with E-state index in [4.69, 9.17) is 9.84 Å². The first-order valence-corrected chi connectivity index (χ1v) is 4.86. The van der Waals surface area contributed by atoms with Crippen LogP contribution in [0.2, 0.25) is 0 Å². The van der Waals surface area contributed by atoms with Gasteiger partial charge in [0.15, 0.2) is 0 Å². The van der Waals surface area contributed by atoms with Gasteiger partial charge in [-0.2, -0.15) is 0 Å². The van der Waals surface area contributed by atoms with Gasteiger partial charge in [0.05, 0.1) is 13.2 Å². The van der Waals surface area contributed by atoms with Crippen LogP contribution in [-0.4, -0.2) is 18.3 Å². The van der Waals surface area contributed by atoms with Gasteiger partial charge in [0.25, 0.3) is 0 Å². The smallest absolute Gasteiger partial charge is 0.122 e. The minimum absolute atomic E-state index is 0.0919. The van der Waals surface area contributed by atoms with E-state index in [0.29, 0.717) is 6.61 Å². The lowest BCUT2D eigenvalue weighted by Gasteiger charge is -2.12. The second-order valence-electron chi connectivity index (χ2n) is 3.35. The van der Waals surface area contributed by atoms with Crippen LogP contribution in [-0.2, 0) is 0 Å². The zero-order valence-corrected chi connectivity index (χ0v) is 9.00. The lowest BCUT2D eigenvalue weighted by molar-refractivity contribution is 0.314. The summed E-state index contributed by atoms with van der Waals surface area (Å²) in [5.74, 6) is 1.86. The molecule has 0 fully saturated rings. The van der Waals surface area contributed by atoms with Crippen molar-refractivity contribution in [2.75, 3.05) is 13.2 Å². The van der Waals surface area contributed by atoms with Crippen molar-refractivity contribution in [3.8, 4) is 5.75 Å². The Morgan fingerprint density at radius 2 is 2.14 bits per heavy atom. The minimum Gasteiger partial charge on any atom is -0.494 e. The SMILES string of the molecule is CCOc1cc([C](C)CO)ccc1C. The molecule has 77 valence electrons. The average molecular weight is 193 g/mol. The maximum atomic E-state index is 9.00. The largest absolute Gasteiger partial charge is 0.494 e. The molecule has 0 aliphatic heterocycles. The molecule has 1 aromatic rings. The second-order valence-corrected chi connectivity index (χ2v) is 3.35. The van der Waals surface area contributed by atoms with Gasteiger partial charge in [-0.3, -0.25) is 0 Å². The molecule has 1 aromatic carbocycles. The number of ether oxygens (including phenoxy) is 1. The third kappa shape index (κ3) is 2.48. The standard InChI is InChI=1S/C12H17O2/c1-4-14-12-7-11(10(3)8-13)6-5-9(12)2/h5-7,13H,4,8H2,1-3H3. The van der Waals surface area contributed by atoms with Gasteiger partial charge in [-0.15, -0.1) is 0 Å². The fourth-order valence-electron chi connectivity index (χ4n) is 1.27. The number of aryl methyl sites for hydroxylation is 1. The molecule has 1 rings (SSSR count). The van der Waals surface area contributed by atoms with Gasteiger partial charge in [0.1, 0.15) is 5.75 Å². The molecule has 2 heteroatoms. The quantitative estimate of drug-likeness (QED) is 0.795. The first-order chi connectivity index (χ1) is 6.69. The Morgan fingerprint density at radius 3 is 2.71 bits per heavy atom. The maximum absolute atomic E-state index is 9.00. The van der Waals surface area contributed by atoms with E-state index in [2.05, 4.69) is 0 Å². The molecule has 0 saturated heterocycles. The zero-order valence-electron chi connectivity index (χ0n) is 9.00. The summed E-state index contributed by atoms with van der Waals surface area (Å²) < 4.78 is 5.48. The van der Waals surface area contributed by atoms with Crippen molar-refractivity contribution in [3.05, 3.63) is 35.2 Å². The predicted molar refractivity (Wildman–Crippen MR) is 57.5 cm³/mol. The molecule has 1 radical (unpaired) electrons. The summed E-state index contributed by atoms with van der Waals surface area (Å²) in [6.07, 6.45) is 0. The van der Waals surface area contributed by atoms with Gasteiger partial charge >= 0.3 is 0 Å². The molecular weight excluding hydrogens is 176 g/mol. The normalized spacial score (nSPS) is 10.6. The predicted octanol–water partition coefficient (Wildman–Crippen LogP) is 2.33. The van der Waals surface area contributed by atoms with Gasteiger partial charge in [0.2, 0.25) is 0 Å². The molecule has 0 unspecified atom stereocenters. The van der Waals surface area contributed by atoms with Gasteiger partial charge in [0, 0.05) is 5.92 Å². The Morgan fingerprint density at radius 1 is 1.43 bits per heavy atom. The van der Waals surface area contributed by atoms with E-state index < -0.39 is 0 Å². The zero-order chi connectivity index (χ0) is 10.6. The van der Waals surface area contributed by atoms with Crippen molar-refractivity contribution in [3.63, 3.8) is 0 Å². The average Bonchev–Trinajstić information content (AvgIpc) is 2.20. The first kappa shape index (κ1) is 11.1. The van der Waals surface area contributed by atoms with Crippen molar-refractivity contribution in [2.24, 2.45) is 0 Å². The lowest BCUT2D eigenvalue weighted by atomic mass is 10.0. The molecule has 0 spiro atoms. The fourth-order valence-corrected chi connectivity index (χ4v) is 1.27. The summed E-state index contributed by atoms with van der Waals surface area (Å²) in [4.78, 5) is 0. The van der Waals surface area contributed by atoms with Crippen LogP contribution >= 0.6 is 0 Å². The monoisotopic (exact) mass is 193 g/mol. The Bertz CT molecular complexity index is 294. The Kier molecular flexibility index (Phi) is 3.96. The van der Waals surface area contributed by atoms with Crippen molar-refractivity contribution in [1.29, 1.82) is 0 Å². The van der Waals surface area contributed by atoms with Crippen LogP contribution in [0.25, 0.3) is 0 Å². The van der Waals surface area contributed by atoms with Gasteiger partial charge in [-0.1, -0.05) is 19.1 Å². The van der Waals surface area contributed by atoms with E-state index in [1.54, 1.807) is 0 Å². The lowest BCUT2D eigenvalue weighted by Crippen LogP contribution is -2.02. The van der Waals surface area contributed by atoms with Gasteiger partial charge < -0.3 is 9.84 Å². The second kappa shape index (κ2) is 5.01. The molecule has 0 aliphatic carbocycles. The van der Waals surface area contributed by atoms with Crippen LogP contribution < -0.4 is 4.74 Å². The third-order valence-corrected chi connectivity index (χ3v) is 2.22. The third-order valence-electron chi connectivity index (χ3n) is 2.22. The molecule has 0 amide bonds. The van der Waals surface area contributed by atoms with E-state index in [1.165, 1.54) is 0 Å². The Labute approximate surface area is 85.5 Å². The topological polar surface area (TPSA) is 29.5 Å². The molecule has 0 aromatic heterocycles. The highest BCUT2D eigenvalue weighted by Crippen LogP contribution is 2.23. The molecule has 0 heterocycles. The summed E-state index contributed by atoms with van der Waals surface area (Å²) in [5.41, 5.74) is 2.17. The van der Waals surface area contributed by atoms with Crippen LogP contribution in [0, 0.1) is 12.8 Å². The number of hydrogen-bond acceptors (Lipinski definition) is 2. The van der Waals surface area contributed by atoms with Crippen LogP contribution in [0.3, 0.4) is 0 Å². The highest BCUT2D eigenvalue weighted by atomic mass is 16.5. The molecule has 1 N–H and O–H groups in total. The van der Waals surface area contributed by atoms with E-state index >= 15 is 0 Å². The molecule has 0 aliphatic rings. The van der Waals surface area contributed by atoms with Crippen molar-refractivity contribution >= 4 is 0 Å². The molecule has 0 bridgehead atoms. The van der Waals surface area contributed by atoms with Crippen LogP contribution in [0.1, 0.15) is 25.0 Å². The fraction of sp³-hybridized carbons (Fsp3) is 0.417. The minimum atomic E-state index is 0.0919. The van der Waals surface area contributed by atoms with E-state index in [0.717, 1.165) is 22.8 Å². The number of hydrogen-bond donors (Lipinski definition) is 1. The van der Waals surface area contributed by atoms with Crippen LogP contribution in [0.15, 0.2) is 18.2 Å². The van der Waals surface area contributed by atoms with Crippen molar-refractivity contribution in [1.82, 2.24) is 0 Å². The van der Waals surface area contributed by atoms with Crippen LogP contribution in [0.4, 0.5) is 0 Å². The molecule has 0 atom stereocenters. The van der Waals surface area contributed by atoms with Gasteiger partial charge in [-0.25, -0.2) is 0 Å². The van der Waals surface area contributed by atoms with Crippen molar-refractivity contribution in [2.45, 2.75) is 20.8 Å². The van der Waals surface area contributed by atoms with E-state index in [9.17, 15) is 0 Å². The van der Waals surface area contributed by atoms with E-state index in [-0.39, 0.29) is 6.61 Å². The number of rotatable bonds is 4. The van der Waals surface area contributed by atoms with Gasteiger partial charge in [-0.05, 0) is 31.0 Å². The summed E-state index contributed by atoms with van der Waals surface area (Å²) in [5, 5.41) is 9.00. The van der Waals surface area contributed by atoms with Crippen molar-refractivity contribution < 1.29 is 9.84 Å². The number of aliphatic hydroxyl groups excluding tert-OH is 1. The van der Waals surface area contributed by atoms with Crippen LogP contribution in [0.5, 0.6) is 5.75 Å². The summed E-state index contributed by atoms with van der Waals surface area (Å²) in [6, 6.07) is 5.99. The maximum Gasteiger partial charge on any atom is 0.122 e. The Balaban J connectivity index is 2.93. The number of benzene rings is 1. The van der Waals surface area contributed by atoms with E-state index in [1.807, 2.05) is 39.0 Å². The highest BCUT2D eigenvalue weighted by molar-refractivity contribution is 5.41. The molecule has 2 nitrogen and oxygen atoms in total. The highest BCUT2D eigenvalue weighted by Gasteiger charge is 2.07. The first-order valence-electron chi connectivity index (χ1n) is 4.86. The Hall–Kier alpha value is -1.02. The molecule has 14 heavy (non-hydrogen) atoms. The molecular formula is C12H17O2. The summed E-state index contributed by atoms with van der Waals surface area (Å²) in [6.45, 7) is 6.66.